The molecule has 1 saturated heterocycles. The van der Waals surface area contributed by atoms with Crippen molar-refractivity contribution in [1.29, 1.82) is 0 Å². The van der Waals surface area contributed by atoms with Gasteiger partial charge in [0.15, 0.2) is 0 Å². The summed E-state index contributed by atoms with van der Waals surface area (Å²) in [4.78, 5) is 25.7. The third-order valence-corrected chi connectivity index (χ3v) is 5.79. The number of nitrogens with zero attached hydrogens (tertiary/aromatic N) is 1. The molecule has 0 spiro atoms. The molecular weight excluding hydrogens is 395 g/mol. The standard InChI is InChI=1S/C19H23ClF3N3O2/c20-15-7-3-13(4-8-15)17(12-1-5-14(6-2-12)19(21,22)23)25-18(28)26-10-9-24-16(27)11-26/h3-4,7-8,12,14,17H,1-2,5-6,9-11H2,(H,24,27)(H,25,28)/t12-,14-,17?. The molecule has 0 radical (unpaired) electrons. The van der Waals surface area contributed by atoms with Crippen LogP contribution in [0.4, 0.5) is 18.0 Å². The summed E-state index contributed by atoms with van der Waals surface area (Å²) >= 11 is 5.95. The second-order valence-electron chi connectivity index (χ2n) is 7.40. The second-order valence-corrected chi connectivity index (χ2v) is 7.84. The van der Waals surface area contributed by atoms with Crippen molar-refractivity contribution in [2.75, 3.05) is 19.6 Å². The molecule has 2 fully saturated rings. The fourth-order valence-electron chi connectivity index (χ4n) is 3.96. The SMILES string of the molecule is O=C1CN(C(=O)NC(c2ccc(Cl)cc2)[C@H]2CC[C@H](C(F)(F)F)CC2)CCN1. The highest BCUT2D eigenvalue weighted by Gasteiger charge is 2.43. The molecule has 1 aromatic carbocycles. The highest BCUT2D eigenvalue weighted by atomic mass is 35.5. The zero-order valence-corrected chi connectivity index (χ0v) is 16.0. The average molecular weight is 418 g/mol. The van der Waals surface area contributed by atoms with Crippen LogP contribution in [0.5, 0.6) is 0 Å². The van der Waals surface area contributed by atoms with E-state index < -0.39 is 18.1 Å². The first-order valence-electron chi connectivity index (χ1n) is 9.38. The lowest BCUT2D eigenvalue weighted by Crippen LogP contribution is -2.54. The fraction of sp³-hybridized carbons (Fsp3) is 0.579. The van der Waals surface area contributed by atoms with Crippen molar-refractivity contribution in [2.24, 2.45) is 11.8 Å². The van der Waals surface area contributed by atoms with Crippen LogP contribution in [0.2, 0.25) is 5.02 Å². The Morgan fingerprint density at radius 1 is 1.18 bits per heavy atom. The third-order valence-electron chi connectivity index (χ3n) is 5.54. The van der Waals surface area contributed by atoms with Crippen molar-refractivity contribution in [1.82, 2.24) is 15.5 Å². The summed E-state index contributed by atoms with van der Waals surface area (Å²) in [5, 5.41) is 6.15. The minimum absolute atomic E-state index is 0.0278. The molecule has 2 aliphatic rings. The number of carbonyl (C=O) groups excluding carboxylic acids is 2. The molecule has 0 bridgehead atoms. The van der Waals surface area contributed by atoms with Gasteiger partial charge < -0.3 is 15.5 Å². The van der Waals surface area contributed by atoms with Crippen LogP contribution in [-0.2, 0) is 4.79 Å². The summed E-state index contributed by atoms with van der Waals surface area (Å²) in [6.07, 6.45) is -3.32. The van der Waals surface area contributed by atoms with Crippen molar-refractivity contribution in [3.63, 3.8) is 0 Å². The lowest BCUT2D eigenvalue weighted by atomic mass is 9.76. The van der Waals surface area contributed by atoms with Crippen LogP contribution in [0.25, 0.3) is 0 Å². The van der Waals surface area contributed by atoms with E-state index in [-0.39, 0.29) is 37.2 Å². The monoisotopic (exact) mass is 417 g/mol. The van der Waals surface area contributed by atoms with E-state index in [1.165, 1.54) is 4.90 Å². The highest BCUT2D eigenvalue weighted by molar-refractivity contribution is 6.30. The Morgan fingerprint density at radius 3 is 2.39 bits per heavy atom. The third kappa shape index (κ3) is 5.10. The Kier molecular flexibility index (Phi) is 6.37. The van der Waals surface area contributed by atoms with Gasteiger partial charge >= 0.3 is 12.2 Å². The maximum atomic E-state index is 13.0. The van der Waals surface area contributed by atoms with Gasteiger partial charge in [-0.15, -0.1) is 0 Å². The van der Waals surface area contributed by atoms with Crippen molar-refractivity contribution in [3.8, 4) is 0 Å². The van der Waals surface area contributed by atoms with Crippen LogP contribution in [0.15, 0.2) is 24.3 Å². The highest BCUT2D eigenvalue weighted by Crippen LogP contribution is 2.43. The first-order valence-corrected chi connectivity index (χ1v) is 9.76. The summed E-state index contributed by atoms with van der Waals surface area (Å²) in [7, 11) is 0. The fourth-order valence-corrected chi connectivity index (χ4v) is 4.09. The Hall–Kier alpha value is -1.96. The molecule has 1 atom stereocenters. The predicted octanol–water partition coefficient (Wildman–Crippen LogP) is 3.89. The summed E-state index contributed by atoms with van der Waals surface area (Å²) < 4.78 is 39.0. The minimum atomic E-state index is -4.18. The quantitative estimate of drug-likeness (QED) is 0.783. The van der Waals surface area contributed by atoms with Crippen LogP contribution >= 0.6 is 11.6 Å². The minimum Gasteiger partial charge on any atom is -0.353 e. The van der Waals surface area contributed by atoms with Crippen molar-refractivity contribution >= 4 is 23.5 Å². The van der Waals surface area contributed by atoms with Crippen LogP contribution in [0.1, 0.15) is 37.3 Å². The molecule has 3 rings (SSSR count). The van der Waals surface area contributed by atoms with E-state index in [4.69, 9.17) is 11.6 Å². The van der Waals surface area contributed by atoms with Gasteiger partial charge in [-0.2, -0.15) is 13.2 Å². The van der Waals surface area contributed by atoms with Gasteiger partial charge in [-0.3, -0.25) is 4.79 Å². The van der Waals surface area contributed by atoms with Crippen LogP contribution in [0, 0.1) is 11.8 Å². The van der Waals surface area contributed by atoms with Crippen LogP contribution in [0.3, 0.4) is 0 Å². The topological polar surface area (TPSA) is 61.4 Å². The van der Waals surface area contributed by atoms with Gasteiger partial charge in [-0.05, 0) is 49.3 Å². The molecule has 1 aromatic rings. The maximum absolute atomic E-state index is 13.0. The molecule has 1 saturated carbocycles. The van der Waals surface area contributed by atoms with E-state index in [1.807, 2.05) is 0 Å². The molecule has 154 valence electrons. The zero-order chi connectivity index (χ0) is 20.3. The second kappa shape index (κ2) is 8.59. The zero-order valence-electron chi connectivity index (χ0n) is 15.3. The summed E-state index contributed by atoms with van der Waals surface area (Å²) in [6, 6.07) is 6.16. The molecule has 1 aliphatic carbocycles. The van der Waals surface area contributed by atoms with E-state index in [2.05, 4.69) is 10.6 Å². The molecule has 1 aliphatic heterocycles. The first kappa shape index (κ1) is 20.8. The van der Waals surface area contributed by atoms with Gasteiger partial charge in [0, 0.05) is 18.1 Å². The van der Waals surface area contributed by atoms with E-state index in [0.717, 1.165) is 5.56 Å². The Labute approximate surface area is 166 Å². The van der Waals surface area contributed by atoms with E-state index >= 15 is 0 Å². The molecule has 1 heterocycles. The molecule has 28 heavy (non-hydrogen) atoms. The maximum Gasteiger partial charge on any atom is 0.391 e. The number of piperazine rings is 1. The molecule has 0 aromatic heterocycles. The molecule has 5 nitrogen and oxygen atoms in total. The molecule has 1 unspecified atom stereocenters. The number of nitrogens with one attached hydrogen (secondary N) is 2. The summed E-state index contributed by atoms with van der Waals surface area (Å²) in [5.41, 5.74) is 0.801. The molecule has 3 amide bonds. The van der Waals surface area contributed by atoms with E-state index in [9.17, 15) is 22.8 Å². The summed E-state index contributed by atoms with van der Waals surface area (Å²) in [6.45, 7) is 0.750. The number of urea groups is 1. The van der Waals surface area contributed by atoms with E-state index in [1.54, 1.807) is 24.3 Å². The van der Waals surface area contributed by atoms with Crippen molar-refractivity contribution < 1.29 is 22.8 Å². The molecular formula is C19H23ClF3N3O2. The van der Waals surface area contributed by atoms with Gasteiger partial charge in [0.25, 0.3) is 0 Å². The number of carbonyl (C=O) groups is 2. The number of rotatable bonds is 3. The van der Waals surface area contributed by atoms with Crippen LogP contribution < -0.4 is 10.6 Å². The number of amides is 3. The molecule has 9 heteroatoms. The Balaban J connectivity index is 1.73. The number of hydrogen-bond donors (Lipinski definition) is 2. The smallest absolute Gasteiger partial charge is 0.353 e. The summed E-state index contributed by atoms with van der Waals surface area (Å²) in [5.74, 6) is -1.62. The van der Waals surface area contributed by atoms with Gasteiger partial charge in [0.05, 0.1) is 12.0 Å². The average Bonchev–Trinajstić information content (AvgIpc) is 2.66. The lowest BCUT2D eigenvalue weighted by molar-refractivity contribution is -0.184. The lowest BCUT2D eigenvalue weighted by Gasteiger charge is -2.36. The van der Waals surface area contributed by atoms with Crippen molar-refractivity contribution in [3.05, 3.63) is 34.9 Å². The normalized spacial score (nSPS) is 24.4. The Bertz CT molecular complexity index is 703. The van der Waals surface area contributed by atoms with Crippen LogP contribution in [-0.4, -0.2) is 42.6 Å². The van der Waals surface area contributed by atoms with Gasteiger partial charge in [-0.1, -0.05) is 23.7 Å². The number of hydrogen-bond acceptors (Lipinski definition) is 2. The molecule has 2 N–H and O–H groups in total. The largest absolute Gasteiger partial charge is 0.391 e. The van der Waals surface area contributed by atoms with E-state index in [0.29, 0.717) is 31.0 Å². The number of halogens is 4. The number of benzene rings is 1. The first-order chi connectivity index (χ1) is 13.2. The van der Waals surface area contributed by atoms with Gasteiger partial charge in [0.2, 0.25) is 5.91 Å². The van der Waals surface area contributed by atoms with Gasteiger partial charge in [-0.25, -0.2) is 4.79 Å². The van der Waals surface area contributed by atoms with Gasteiger partial charge in [0.1, 0.15) is 6.54 Å². The number of alkyl halides is 3. The predicted molar refractivity (Wildman–Crippen MR) is 98.8 cm³/mol. The van der Waals surface area contributed by atoms with Crippen molar-refractivity contribution in [2.45, 2.75) is 37.9 Å². The Morgan fingerprint density at radius 2 is 1.82 bits per heavy atom.